The van der Waals surface area contributed by atoms with E-state index in [2.05, 4.69) is 17.1 Å². The summed E-state index contributed by atoms with van der Waals surface area (Å²) >= 11 is 0. The van der Waals surface area contributed by atoms with E-state index in [1.165, 1.54) is 25.0 Å². The van der Waals surface area contributed by atoms with E-state index in [-0.39, 0.29) is 24.2 Å². The maximum Gasteiger partial charge on any atom is 0.255 e. The van der Waals surface area contributed by atoms with Crippen LogP contribution in [0.15, 0.2) is 72.8 Å². The van der Waals surface area contributed by atoms with E-state index < -0.39 is 12.0 Å². The van der Waals surface area contributed by atoms with E-state index in [1.807, 2.05) is 42.5 Å². The molecule has 6 nitrogen and oxygen atoms in total. The molecule has 0 spiro atoms. The average molecular weight is 544 g/mol. The van der Waals surface area contributed by atoms with Crippen LogP contribution in [0, 0.1) is 11.7 Å². The second-order valence-electron chi connectivity index (χ2n) is 11.0. The molecule has 2 aliphatic rings. The lowest BCUT2D eigenvalue weighted by atomic mass is 9.79. The smallest absolute Gasteiger partial charge is 0.255 e. The van der Waals surface area contributed by atoms with Crippen LogP contribution in [-0.4, -0.2) is 54.9 Å². The topological polar surface area (TPSA) is 61.9 Å². The van der Waals surface area contributed by atoms with Crippen LogP contribution >= 0.6 is 0 Å². The van der Waals surface area contributed by atoms with Crippen molar-refractivity contribution in [3.63, 3.8) is 0 Å². The third-order valence-corrected chi connectivity index (χ3v) is 8.27. The van der Waals surface area contributed by atoms with Crippen molar-refractivity contribution in [1.29, 1.82) is 0 Å². The fourth-order valence-corrected chi connectivity index (χ4v) is 5.92. The van der Waals surface area contributed by atoms with Gasteiger partial charge in [-0.05, 0) is 91.8 Å². The van der Waals surface area contributed by atoms with E-state index in [4.69, 9.17) is 4.74 Å². The van der Waals surface area contributed by atoms with Crippen LogP contribution < -0.4 is 10.1 Å². The molecule has 3 aromatic rings. The molecule has 0 aromatic heterocycles. The Hall–Kier alpha value is -3.71. The minimum Gasteiger partial charge on any atom is -0.497 e. The Kier molecular flexibility index (Phi) is 8.80. The number of amides is 2. The van der Waals surface area contributed by atoms with Crippen molar-refractivity contribution in [3.05, 3.63) is 101 Å². The molecule has 2 amide bonds. The van der Waals surface area contributed by atoms with E-state index in [0.29, 0.717) is 17.9 Å². The minimum absolute atomic E-state index is 0.0999. The van der Waals surface area contributed by atoms with Crippen LogP contribution in [0.1, 0.15) is 65.2 Å². The summed E-state index contributed by atoms with van der Waals surface area (Å²) in [6.45, 7) is 6.33. The lowest BCUT2D eigenvalue weighted by Crippen LogP contribution is -2.47. The summed E-state index contributed by atoms with van der Waals surface area (Å²) in [5.74, 6) is 0.309. The van der Waals surface area contributed by atoms with Gasteiger partial charge < -0.3 is 19.9 Å². The molecule has 2 atom stereocenters. The van der Waals surface area contributed by atoms with E-state index in [0.717, 1.165) is 48.7 Å². The third kappa shape index (κ3) is 6.20. The van der Waals surface area contributed by atoms with Gasteiger partial charge in [-0.25, -0.2) is 4.39 Å². The Labute approximate surface area is 236 Å². The molecule has 7 heteroatoms. The lowest BCUT2D eigenvalue weighted by Gasteiger charge is -2.42. The van der Waals surface area contributed by atoms with E-state index in [1.54, 1.807) is 30.2 Å². The molecule has 0 saturated carbocycles. The molecule has 210 valence electrons. The number of likely N-dealkylation sites (tertiary alicyclic amines) is 1. The first-order valence-corrected chi connectivity index (χ1v) is 14.2. The van der Waals surface area contributed by atoms with Gasteiger partial charge in [0.1, 0.15) is 11.6 Å². The molecule has 0 radical (unpaired) electrons. The van der Waals surface area contributed by atoms with Crippen molar-refractivity contribution in [2.24, 2.45) is 5.92 Å². The number of hydrogen-bond donors (Lipinski definition) is 1. The first-order valence-electron chi connectivity index (χ1n) is 14.2. The first kappa shape index (κ1) is 27.8. The maximum atomic E-state index is 14.0. The van der Waals surface area contributed by atoms with Crippen molar-refractivity contribution in [2.75, 3.05) is 33.3 Å². The fraction of sp³-hybridized carbons (Fsp3) is 0.394. The Morgan fingerprint density at radius 3 is 2.40 bits per heavy atom. The summed E-state index contributed by atoms with van der Waals surface area (Å²) < 4.78 is 19.0. The van der Waals surface area contributed by atoms with Gasteiger partial charge in [-0.3, -0.25) is 9.59 Å². The van der Waals surface area contributed by atoms with Gasteiger partial charge in [-0.2, -0.15) is 0 Å². The van der Waals surface area contributed by atoms with Crippen LogP contribution in [-0.2, 0) is 11.3 Å². The highest BCUT2D eigenvalue weighted by Gasteiger charge is 2.44. The van der Waals surface area contributed by atoms with Gasteiger partial charge in [0.05, 0.1) is 19.1 Å². The van der Waals surface area contributed by atoms with Crippen molar-refractivity contribution in [3.8, 4) is 5.75 Å². The fourth-order valence-electron chi connectivity index (χ4n) is 5.92. The SMILES string of the molecule is COc1ccc([C@@H]2[C@@H](C(=O)NCCCN3CCC(C)CC3)c3ccccc3C(=O)N2Cc2ccc(F)cc2)cc1. The number of nitrogens with zero attached hydrogens (tertiary/aromatic N) is 2. The Bertz CT molecular complexity index is 1300. The molecular formula is C33H38FN3O3. The Morgan fingerprint density at radius 1 is 1.00 bits per heavy atom. The molecule has 2 heterocycles. The number of piperidine rings is 1. The van der Waals surface area contributed by atoms with E-state index >= 15 is 0 Å². The molecule has 40 heavy (non-hydrogen) atoms. The maximum absolute atomic E-state index is 14.0. The highest BCUT2D eigenvalue weighted by molar-refractivity contribution is 6.01. The zero-order valence-corrected chi connectivity index (χ0v) is 23.3. The van der Waals surface area contributed by atoms with Gasteiger partial charge in [-0.15, -0.1) is 0 Å². The van der Waals surface area contributed by atoms with Crippen LogP contribution in [0.3, 0.4) is 0 Å². The number of halogens is 1. The van der Waals surface area contributed by atoms with Crippen LogP contribution in [0.25, 0.3) is 0 Å². The number of hydrogen-bond acceptors (Lipinski definition) is 4. The van der Waals surface area contributed by atoms with Crippen LogP contribution in [0.2, 0.25) is 0 Å². The molecular weight excluding hydrogens is 505 g/mol. The van der Waals surface area contributed by atoms with Gasteiger partial charge in [0.15, 0.2) is 0 Å². The molecule has 1 fully saturated rings. The van der Waals surface area contributed by atoms with Crippen molar-refractivity contribution in [2.45, 2.75) is 44.7 Å². The molecule has 2 aliphatic heterocycles. The number of rotatable bonds is 9. The summed E-state index contributed by atoms with van der Waals surface area (Å²) in [5.41, 5.74) is 2.89. The number of benzene rings is 3. The number of methoxy groups -OCH3 is 1. The zero-order valence-electron chi connectivity index (χ0n) is 23.3. The molecule has 0 aliphatic carbocycles. The Morgan fingerprint density at radius 2 is 1.70 bits per heavy atom. The van der Waals surface area contributed by atoms with Gasteiger partial charge in [0, 0.05) is 18.7 Å². The monoisotopic (exact) mass is 543 g/mol. The average Bonchev–Trinajstić information content (AvgIpc) is 2.98. The number of carbonyl (C=O) groups is 2. The summed E-state index contributed by atoms with van der Waals surface area (Å²) in [6.07, 6.45) is 3.33. The van der Waals surface area contributed by atoms with Crippen LogP contribution in [0.5, 0.6) is 5.75 Å². The molecule has 0 bridgehead atoms. The standard InChI is InChI=1S/C33H38FN3O3/c1-23-16-20-36(21-17-23)19-5-18-35-32(38)30-28-6-3-4-7-29(28)33(39)37(22-24-8-12-26(34)13-9-24)31(30)25-10-14-27(40-2)15-11-25/h3-4,6-15,23,30-31H,5,16-22H2,1-2H3,(H,35,38)/t30-,31+/m0/s1. The van der Waals surface area contributed by atoms with Crippen molar-refractivity contribution >= 4 is 11.8 Å². The molecule has 5 rings (SSSR count). The molecule has 1 saturated heterocycles. The predicted molar refractivity (Wildman–Crippen MR) is 154 cm³/mol. The van der Waals surface area contributed by atoms with Gasteiger partial charge in [-0.1, -0.05) is 49.4 Å². The normalized spacial score (nSPS) is 19.8. The van der Waals surface area contributed by atoms with Gasteiger partial charge >= 0.3 is 0 Å². The number of fused-ring (bicyclic) bond motifs is 1. The highest BCUT2D eigenvalue weighted by atomic mass is 19.1. The van der Waals surface area contributed by atoms with Crippen LogP contribution in [0.4, 0.5) is 4.39 Å². The van der Waals surface area contributed by atoms with Gasteiger partial charge in [0.25, 0.3) is 5.91 Å². The van der Waals surface area contributed by atoms with Crippen molar-refractivity contribution in [1.82, 2.24) is 15.1 Å². The summed E-state index contributed by atoms with van der Waals surface area (Å²) in [4.78, 5) is 32.1. The second kappa shape index (κ2) is 12.6. The predicted octanol–water partition coefficient (Wildman–Crippen LogP) is 5.55. The van der Waals surface area contributed by atoms with Gasteiger partial charge in [0.2, 0.25) is 5.91 Å². The third-order valence-electron chi connectivity index (χ3n) is 8.27. The highest BCUT2D eigenvalue weighted by Crippen LogP contribution is 2.44. The summed E-state index contributed by atoms with van der Waals surface area (Å²) in [7, 11) is 1.61. The molecule has 0 unspecified atom stereocenters. The summed E-state index contributed by atoms with van der Waals surface area (Å²) in [6, 6.07) is 20.5. The minimum atomic E-state index is -0.599. The number of carbonyl (C=O) groups excluding carboxylic acids is 2. The zero-order chi connectivity index (χ0) is 28.1. The summed E-state index contributed by atoms with van der Waals surface area (Å²) in [5, 5.41) is 3.19. The molecule has 1 N–H and O–H groups in total. The lowest BCUT2D eigenvalue weighted by molar-refractivity contribution is -0.124. The first-order chi connectivity index (χ1) is 19.4. The largest absolute Gasteiger partial charge is 0.497 e. The quantitative estimate of drug-likeness (QED) is 0.360. The Balaban J connectivity index is 1.43. The number of ether oxygens (including phenoxy) is 1. The second-order valence-corrected chi connectivity index (χ2v) is 11.0. The van der Waals surface area contributed by atoms with Crippen molar-refractivity contribution < 1.29 is 18.7 Å². The van der Waals surface area contributed by atoms with E-state index in [9.17, 15) is 14.0 Å². The number of nitrogens with one attached hydrogen (secondary N) is 1. The molecule has 3 aromatic carbocycles.